The predicted molar refractivity (Wildman–Crippen MR) is 108 cm³/mol. The number of hydrogen-bond donors (Lipinski definition) is 2. The zero-order chi connectivity index (χ0) is 19.4. The van der Waals surface area contributed by atoms with Crippen LogP contribution < -0.4 is 14.9 Å². The quantitative estimate of drug-likeness (QED) is 0.602. The number of rotatable bonds is 4. The van der Waals surface area contributed by atoms with Crippen LogP contribution in [0.1, 0.15) is 6.42 Å². The number of amides is 2. The van der Waals surface area contributed by atoms with Crippen molar-refractivity contribution in [3.05, 3.63) is 48.5 Å². The largest absolute Gasteiger partial charge is 0.318 e. The van der Waals surface area contributed by atoms with Gasteiger partial charge in [-0.05, 0) is 49.1 Å². The maximum Gasteiger partial charge on any atom is 0.314 e. The van der Waals surface area contributed by atoms with E-state index >= 15 is 0 Å². The molecule has 7 nitrogen and oxygen atoms in total. The molecule has 1 aliphatic rings. The van der Waals surface area contributed by atoms with E-state index in [-0.39, 0.29) is 5.75 Å². The number of carbonyl (C=O) groups excluding carboxylic acids is 2. The molecule has 0 bridgehead atoms. The third-order valence-corrected chi connectivity index (χ3v) is 6.62. The summed E-state index contributed by atoms with van der Waals surface area (Å²) in [7, 11) is -3.31. The second kappa shape index (κ2) is 8.01. The first-order valence-electron chi connectivity index (χ1n) is 8.26. The highest BCUT2D eigenvalue weighted by atomic mass is 32.2. The van der Waals surface area contributed by atoms with E-state index in [1.54, 1.807) is 42.5 Å². The third-order valence-electron chi connectivity index (χ3n) is 4.03. The van der Waals surface area contributed by atoms with Crippen molar-refractivity contribution in [2.75, 3.05) is 33.5 Å². The van der Waals surface area contributed by atoms with Gasteiger partial charge in [0.15, 0.2) is 0 Å². The van der Waals surface area contributed by atoms with E-state index in [9.17, 15) is 18.0 Å². The molecule has 142 valence electrons. The molecule has 0 unspecified atom stereocenters. The summed E-state index contributed by atoms with van der Waals surface area (Å²) >= 11 is 1.53. The van der Waals surface area contributed by atoms with Crippen LogP contribution in [0.5, 0.6) is 0 Å². The van der Waals surface area contributed by atoms with Crippen LogP contribution in [0.3, 0.4) is 0 Å². The standard InChI is InChI=1S/C18H19N3O4S2/c1-26-16-8-3-6-14(12-16)20-18(23)17(22)19-13-5-2-7-15(11-13)21-9-4-10-27(21,24)25/h2-3,5-8,11-12H,4,9-10H2,1H3,(H,19,22)(H,20,23). The first-order chi connectivity index (χ1) is 12.9. The normalized spacial score (nSPS) is 15.4. The predicted octanol–water partition coefficient (Wildman–Crippen LogP) is 2.53. The molecule has 9 heteroatoms. The lowest BCUT2D eigenvalue weighted by Crippen LogP contribution is -2.29. The molecule has 1 fully saturated rings. The Hall–Kier alpha value is -2.52. The summed E-state index contributed by atoms with van der Waals surface area (Å²) < 4.78 is 25.4. The zero-order valence-corrected chi connectivity index (χ0v) is 16.3. The van der Waals surface area contributed by atoms with Gasteiger partial charge < -0.3 is 10.6 Å². The Balaban J connectivity index is 1.68. The van der Waals surface area contributed by atoms with Gasteiger partial charge in [0.2, 0.25) is 10.0 Å². The minimum absolute atomic E-state index is 0.112. The summed E-state index contributed by atoms with van der Waals surface area (Å²) in [6.45, 7) is 0.409. The molecule has 1 saturated heterocycles. The van der Waals surface area contributed by atoms with Crippen molar-refractivity contribution in [1.29, 1.82) is 0 Å². The van der Waals surface area contributed by atoms with Crippen molar-refractivity contribution in [2.24, 2.45) is 0 Å². The summed E-state index contributed by atoms with van der Waals surface area (Å²) in [6, 6.07) is 13.6. The van der Waals surface area contributed by atoms with Crippen molar-refractivity contribution < 1.29 is 18.0 Å². The highest BCUT2D eigenvalue weighted by molar-refractivity contribution is 7.98. The first kappa shape index (κ1) is 19.2. The van der Waals surface area contributed by atoms with Gasteiger partial charge in [-0.15, -0.1) is 11.8 Å². The van der Waals surface area contributed by atoms with Gasteiger partial charge in [-0.2, -0.15) is 0 Å². The molecule has 2 N–H and O–H groups in total. The number of benzene rings is 2. The Morgan fingerprint density at radius 2 is 1.63 bits per heavy atom. The maximum absolute atomic E-state index is 12.2. The van der Waals surface area contributed by atoms with Gasteiger partial charge in [0, 0.05) is 22.8 Å². The molecule has 3 rings (SSSR count). The van der Waals surface area contributed by atoms with E-state index in [0.29, 0.717) is 30.0 Å². The van der Waals surface area contributed by atoms with E-state index in [1.807, 2.05) is 12.3 Å². The molecule has 0 saturated carbocycles. The van der Waals surface area contributed by atoms with Crippen LogP contribution >= 0.6 is 11.8 Å². The monoisotopic (exact) mass is 405 g/mol. The Morgan fingerprint density at radius 3 is 2.22 bits per heavy atom. The van der Waals surface area contributed by atoms with Crippen LogP contribution in [0.4, 0.5) is 17.1 Å². The smallest absolute Gasteiger partial charge is 0.314 e. The second-order valence-electron chi connectivity index (χ2n) is 5.93. The van der Waals surface area contributed by atoms with Gasteiger partial charge in [-0.1, -0.05) is 12.1 Å². The molecule has 2 amide bonds. The average molecular weight is 406 g/mol. The summed E-state index contributed by atoms with van der Waals surface area (Å²) in [5.74, 6) is -1.51. The Bertz CT molecular complexity index is 976. The SMILES string of the molecule is CSc1cccc(NC(=O)C(=O)Nc2cccc(N3CCCS3(=O)=O)c2)c1. The Kier molecular flexibility index (Phi) is 5.71. The van der Waals surface area contributed by atoms with E-state index < -0.39 is 21.8 Å². The lowest BCUT2D eigenvalue weighted by atomic mass is 10.2. The van der Waals surface area contributed by atoms with E-state index in [2.05, 4.69) is 10.6 Å². The molecule has 2 aromatic carbocycles. The first-order valence-corrected chi connectivity index (χ1v) is 11.1. The molecular weight excluding hydrogens is 386 g/mol. The van der Waals surface area contributed by atoms with Crippen molar-refractivity contribution in [2.45, 2.75) is 11.3 Å². The topological polar surface area (TPSA) is 95.6 Å². The fraction of sp³-hybridized carbons (Fsp3) is 0.222. The fourth-order valence-corrected chi connectivity index (χ4v) is 4.76. The van der Waals surface area contributed by atoms with E-state index in [4.69, 9.17) is 0 Å². The number of carbonyl (C=O) groups is 2. The Morgan fingerprint density at radius 1 is 1.00 bits per heavy atom. The molecule has 0 aromatic heterocycles. The summed E-state index contributed by atoms with van der Waals surface area (Å²) in [5, 5.41) is 5.05. The molecule has 1 heterocycles. The van der Waals surface area contributed by atoms with Crippen LogP contribution in [-0.4, -0.2) is 38.8 Å². The summed E-state index contributed by atoms with van der Waals surface area (Å²) in [6.07, 6.45) is 2.48. The van der Waals surface area contributed by atoms with Crippen molar-refractivity contribution >= 4 is 50.7 Å². The molecular formula is C18H19N3O4S2. The summed E-state index contributed by atoms with van der Waals surface area (Å²) in [4.78, 5) is 25.3. The molecule has 0 spiro atoms. The van der Waals surface area contributed by atoms with Crippen LogP contribution in [0.25, 0.3) is 0 Å². The maximum atomic E-state index is 12.2. The van der Waals surface area contributed by atoms with E-state index in [1.165, 1.54) is 16.1 Å². The van der Waals surface area contributed by atoms with Crippen molar-refractivity contribution in [1.82, 2.24) is 0 Å². The third kappa shape index (κ3) is 4.61. The van der Waals surface area contributed by atoms with Crippen molar-refractivity contribution in [3.8, 4) is 0 Å². The van der Waals surface area contributed by atoms with Crippen LogP contribution in [0.2, 0.25) is 0 Å². The van der Waals surface area contributed by atoms with Gasteiger partial charge in [0.05, 0.1) is 11.4 Å². The minimum Gasteiger partial charge on any atom is -0.318 e. The number of thioether (sulfide) groups is 1. The Labute approximate surface area is 162 Å². The number of hydrogen-bond acceptors (Lipinski definition) is 5. The number of nitrogens with one attached hydrogen (secondary N) is 2. The lowest BCUT2D eigenvalue weighted by molar-refractivity contribution is -0.132. The number of nitrogens with zero attached hydrogens (tertiary/aromatic N) is 1. The zero-order valence-electron chi connectivity index (χ0n) is 14.6. The van der Waals surface area contributed by atoms with Crippen LogP contribution in [0, 0.1) is 0 Å². The number of sulfonamides is 1. The molecule has 27 heavy (non-hydrogen) atoms. The highest BCUT2D eigenvalue weighted by Gasteiger charge is 2.28. The van der Waals surface area contributed by atoms with Gasteiger partial charge in [0.25, 0.3) is 0 Å². The van der Waals surface area contributed by atoms with Gasteiger partial charge in [-0.25, -0.2) is 8.42 Å². The van der Waals surface area contributed by atoms with Crippen molar-refractivity contribution in [3.63, 3.8) is 0 Å². The summed E-state index contributed by atoms with van der Waals surface area (Å²) in [5.41, 5.74) is 1.35. The van der Waals surface area contributed by atoms with E-state index in [0.717, 1.165) is 4.90 Å². The number of anilines is 3. The lowest BCUT2D eigenvalue weighted by Gasteiger charge is -2.17. The van der Waals surface area contributed by atoms with Gasteiger partial charge in [0.1, 0.15) is 0 Å². The molecule has 0 atom stereocenters. The van der Waals surface area contributed by atoms with Gasteiger partial charge in [-0.3, -0.25) is 13.9 Å². The molecule has 0 radical (unpaired) electrons. The van der Waals surface area contributed by atoms with Crippen LogP contribution in [-0.2, 0) is 19.6 Å². The molecule has 2 aromatic rings. The van der Waals surface area contributed by atoms with Crippen LogP contribution in [0.15, 0.2) is 53.4 Å². The molecule has 1 aliphatic heterocycles. The fourth-order valence-electron chi connectivity index (χ4n) is 2.74. The second-order valence-corrected chi connectivity index (χ2v) is 8.82. The van der Waals surface area contributed by atoms with Gasteiger partial charge >= 0.3 is 11.8 Å². The molecule has 0 aliphatic carbocycles. The minimum atomic E-state index is -3.31. The highest BCUT2D eigenvalue weighted by Crippen LogP contribution is 2.26. The average Bonchev–Trinajstić information content (AvgIpc) is 3.01.